The Morgan fingerprint density at radius 1 is 1.26 bits per heavy atom. The number of esters is 1. The highest BCUT2D eigenvalue weighted by molar-refractivity contribution is 6.84. The molecule has 0 aliphatic rings. The fraction of sp³-hybridized carbons (Fsp3) is 0.312. The lowest BCUT2D eigenvalue weighted by Gasteiger charge is -2.05. The van der Waals surface area contributed by atoms with E-state index in [0.29, 0.717) is 6.61 Å². The highest BCUT2D eigenvalue weighted by Crippen LogP contribution is 2.14. The third kappa shape index (κ3) is 6.07. The number of allylic oxidation sites excluding steroid dienone is 1. The lowest BCUT2D eigenvalue weighted by atomic mass is 10.1. The number of hydrogen-bond donors (Lipinski definition) is 0. The van der Waals surface area contributed by atoms with Crippen LogP contribution in [-0.4, -0.2) is 20.7 Å². The van der Waals surface area contributed by atoms with Crippen molar-refractivity contribution in [3.63, 3.8) is 0 Å². The van der Waals surface area contributed by atoms with Crippen LogP contribution in [0.1, 0.15) is 12.5 Å². The molecule has 0 aromatic heterocycles. The van der Waals surface area contributed by atoms with Crippen LogP contribution in [0, 0.1) is 11.5 Å². The van der Waals surface area contributed by atoms with Gasteiger partial charge in [-0.25, -0.2) is 4.79 Å². The predicted molar refractivity (Wildman–Crippen MR) is 82.2 cm³/mol. The first-order valence-electron chi connectivity index (χ1n) is 6.39. The van der Waals surface area contributed by atoms with Crippen LogP contribution in [0.4, 0.5) is 0 Å². The molecule has 2 nitrogen and oxygen atoms in total. The lowest BCUT2D eigenvalue weighted by molar-refractivity contribution is -0.137. The van der Waals surface area contributed by atoms with Gasteiger partial charge in [-0.2, -0.15) is 0 Å². The summed E-state index contributed by atoms with van der Waals surface area (Å²) < 4.78 is 4.95. The van der Waals surface area contributed by atoms with Crippen molar-refractivity contribution in [3.05, 3.63) is 42.0 Å². The number of rotatable bonds is 3. The van der Waals surface area contributed by atoms with E-state index in [0.717, 1.165) is 11.1 Å². The van der Waals surface area contributed by atoms with Crippen LogP contribution in [0.5, 0.6) is 0 Å². The van der Waals surface area contributed by atoms with Gasteiger partial charge in [0, 0.05) is 11.6 Å². The number of carbonyl (C=O) groups is 1. The maximum Gasteiger partial charge on any atom is 0.332 e. The fourth-order valence-electron chi connectivity index (χ4n) is 1.37. The molecular weight excluding hydrogens is 252 g/mol. The van der Waals surface area contributed by atoms with Crippen LogP contribution in [0.3, 0.4) is 0 Å². The van der Waals surface area contributed by atoms with Crippen molar-refractivity contribution in [3.8, 4) is 11.5 Å². The number of carbonyl (C=O) groups excluding carboxylic acids is 1. The molecule has 0 radical (unpaired) electrons. The monoisotopic (exact) mass is 272 g/mol. The second kappa shape index (κ2) is 6.96. The van der Waals surface area contributed by atoms with E-state index in [1.165, 1.54) is 6.08 Å². The lowest BCUT2D eigenvalue weighted by Crippen LogP contribution is -2.16. The van der Waals surface area contributed by atoms with Gasteiger partial charge in [0.05, 0.1) is 6.61 Å². The van der Waals surface area contributed by atoms with Gasteiger partial charge in [0.25, 0.3) is 0 Å². The van der Waals surface area contributed by atoms with E-state index >= 15 is 0 Å². The first kappa shape index (κ1) is 15.3. The van der Waals surface area contributed by atoms with E-state index < -0.39 is 8.07 Å². The van der Waals surface area contributed by atoms with Crippen molar-refractivity contribution in [1.29, 1.82) is 0 Å². The van der Waals surface area contributed by atoms with Crippen molar-refractivity contribution in [1.82, 2.24) is 0 Å². The molecule has 0 saturated heterocycles. The Balaban J connectivity index is 3.11. The van der Waals surface area contributed by atoms with Crippen molar-refractivity contribution >= 4 is 19.6 Å². The van der Waals surface area contributed by atoms with Crippen molar-refractivity contribution in [2.75, 3.05) is 6.61 Å². The van der Waals surface area contributed by atoms with Gasteiger partial charge in [0.2, 0.25) is 0 Å². The molecule has 0 N–H and O–H groups in total. The van der Waals surface area contributed by atoms with E-state index in [9.17, 15) is 4.79 Å². The Morgan fingerprint density at radius 3 is 2.42 bits per heavy atom. The topological polar surface area (TPSA) is 26.3 Å². The normalized spacial score (nSPS) is 11.5. The second-order valence-corrected chi connectivity index (χ2v) is 9.93. The van der Waals surface area contributed by atoms with Gasteiger partial charge in [-0.15, -0.1) is 5.54 Å². The Morgan fingerprint density at radius 2 is 1.89 bits per heavy atom. The van der Waals surface area contributed by atoms with Crippen molar-refractivity contribution in [2.24, 2.45) is 0 Å². The molecule has 1 aromatic rings. The maximum absolute atomic E-state index is 11.6. The van der Waals surface area contributed by atoms with Crippen LogP contribution < -0.4 is 0 Å². The molecule has 1 aromatic carbocycles. The van der Waals surface area contributed by atoms with Crippen molar-refractivity contribution in [2.45, 2.75) is 26.6 Å². The summed E-state index contributed by atoms with van der Waals surface area (Å²) in [4.78, 5) is 11.6. The summed E-state index contributed by atoms with van der Waals surface area (Å²) in [5.74, 6) is 2.80. The molecule has 0 heterocycles. The Hall–Kier alpha value is -1.79. The van der Waals surface area contributed by atoms with E-state index in [-0.39, 0.29) is 5.97 Å². The van der Waals surface area contributed by atoms with Crippen LogP contribution in [0.25, 0.3) is 5.57 Å². The molecule has 0 saturated carbocycles. The van der Waals surface area contributed by atoms with Crippen LogP contribution >= 0.6 is 0 Å². The molecule has 3 heteroatoms. The first-order valence-corrected chi connectivity index (χ1v) is 9.89. The van der Waals surface area contributed by atoms with E-state index in [4.69, 9.17) is 4.74 Å². The summed E-state index contributed by atoms with van der Waals surface area (Å²) in [5.41, 5.74) is 4.95. The first-order chi connectivity index (χ1) is 8.92. The minimum atomic E-state index is -1.48. The molecule has 100 valence electrons. The standard InChI is InChI=1S/C16H20O2Si/c1-5-18-16(17)13-15(11-12-19(2,3)4)14-9-7-6-8-10-14/h6-10,13H,5H2,1-4H3/b15-13-. The van der Waals surface area contributed by atoms with Crippen LogP contribution in [-0.2, 0) is 9.53 Å². The molecule has 0 spiro atoms. The molecular formula is C16H20O2Si. The highest BCUT2D eigenvalue weighted by Gasteiger charge is 2.09. The molecule has 0 amide bonds. The number of ether oxygens (including phenoxy) is 1. The molecule has 0 bridgehead atoms. The average molecular weight is 272 g/mol. The molecule has 19 heavy (non-hydrogen) atoms. The Bertz CT molecular complexity index is 513. The summed E-state index contributed by atoms with van der Waals surface area (Å²) in [7, 11) is -1.48. The summed E-state index contributed by atoms with van der Waals surface area (Å²) in [6, 6.07) is 9.71. The molecule has 1 rings (SSSR count). The van der Waals surface area contributed by atoms with E-state index in [1.807, 2.05) is 30.3 Å². The molecule has 0 unspecified atom stereocenters. The van der Waals surface area contributed by atoms with Gasteiger partial charge in [0.1, 0.15) is 8.07 Å². The summed E-state index contributed by atoms with van der Waals surface area (Å²) >= 11 is 0. The van der Waals surface area contributed by atoms with Gasteiger partial charge < -0.3 is 4.74 Å². The molecule has 0 aliphatic heterocycles. The minimum Gasteiger partial charge on any atom is -0.463 e. The zero-order valence-electron chi connectivity index (χ0n) is 12.0. The van der Waals surface area contributed by atoms with Gasteiger partial charge in [-0.05, 0) is 12.5 Å². The zero-order valence-corrected chi connectivity index (χ0v) is 13.0. The third-order valence-corrected chi connectivity index (χ3v) is 3.08. The number of benzene rings is 1. The summed E-state index contributed by atoms with van der Waals surface area (Å²) in [6.45, 7) is 8.69. The van der Waals surface area contributed by atoms with Crippen molar-refractivity contribution < 1.29 is 9.53 Å². The summed E-state index contributed by atoms with van der Waals surface area (Å²) in [5, 5.41) is 0. The van der Waals surface area contributed by atoms with Crippen LogP contribution in [0.15, 0.2) is 36.4 Å². The maximum atomic E-state index is 11.6. The second-order valence-electron chi connectivity index (χ2n) is 5.18. The SMILES string of the molecule is CCOC(=O)/C=C(/C#C[Si](C)(C)C)c1ccccc1. The Labute approximate surface area is 116 Å². The minimum absolute atomic E-state index is 0.341. The number of hydrogen-bond acceptors (Lipinski definition) is 2. The predicted octanol–water partition coefficient (Wildman–Crippen LogP) is 3.51. The van der Waals surface area contributed by atoms with Gasteiger partial charge in [0.15, 0.2) is 0 Å². The molecule has 0 atom stereocenters. The fourth-order valence-corrected chi connectivity index (χ4v) is 1.88. The Kier molecular flexibility index (Phi) is 5.59. The molecule has 0 aliphatic carbocycles. The van der Waals surface area contributed by atoms with E-state index in [1.54, 1.807) is 6.92 Å². The quantitative estimate of drug-likeness (QED) is 0.364. The summed E-state index contributed by atoms with van der Waals surface area (Å²) in [6.07, 6.45) is 1.48. The van der Waals surface area contributed by atoms with Crippen LogP contribution in [0.2, 0.25) is 19.6 Å². The van der Waals surface area contributed by atoms with Gasteiger partial charge >= 0.3 is 5.97 Å². The van der Waals surface area contributed by atoms with E-state index in [2.05, 4.69) is 31.1 Å². The smallest absolute Gasteiger partial charge is 0.332 e. The highest BCUT2D eigenvalue weighted by atomic mass is 28.3. The largest absolute Gasteiger partial charge is 0.463 e. The molecule has 0 fully saturated rings. The average Bonchev–Trinajstić information content (AvgIpc) is 2.35. The zero-order chi connectivity index (χ0) is 14.3. The van der Waals surface area contributed by atoms with Gasteiger partial charge in [-0.1, -0.05) is 55.9 Å². The third-order valence-electron chi connectivity index (χ3n) is 2.21. The van der Waals surface area contributed by atoms with Gasteiger partial charge in [-0.3, -0.25) is 0 Å².